The lowest BCUT2D eigenvalue weighted by atomic mass is 10.1. The number of ether oxygens (including phenoxy) is 4. The fraction of sp³-hybridized carbons (Fsp3) is 0.300. The quantitative estimate of drug-likeness (QED) is 0.637. The third-order valence-electron chi connectivity index (χ3n) is 3.96. The summed E-state index contributed by atoms with van der Waals surface area (Å²) in [7, 11) is 5.98. The first-order valence-electron chi connectivity index (χ1n) is 8.54. The number of methoxy groups -OCH3 is 4. The van der Waals surface area contributed by atoms with Gasteiger partial charge >= 0.3 is 0 Å². The van der Waals surface area contributed by atoms with Crippen LogP contribution in [0.4, 0.5) is 0 Å². The van der Waals surface area contributed by atoms with Crippen LogP contribution in [0, 0.1) is 0 Å². The fourth-order valence-electron chi connectivity index (χ4n) is 2.56. The second kappa shape index (κ2) is 10.1. The van der Waals surface area contributed by atoms with Crippen molar-refractivity contribution in [2.45, 2.75) is 0 Å². The summed E-state index contributed by atoms with van der Waals surface area (Å²) in [5.74, 6) is 1.18. The zero-order valence-corrected chi connectivity index (χ0v) is 16.3. The lowest BCUT2D eigenvalue weighted by molar-refractivity contribution is 0.0924. The molecule has 2 aromatic carbocycles. The van der Waals surface area contributed by atoms with Gasteiger partial charge in [0.05, 0.1) is 28.4 Å². The van der Waals surface area contributed by atoms with Gasteiger partial charge in [-0.2, -0.15) is 0 Å². The average Bonchev–Trinajstić information content (AvgIpc) is 2.74. The van der Waals surface area contributed by atoms with E-state index in [1.54, 1.807) is 36.4 Å². The SMILES string of the molecule is COc1cc(OC)cc(C(=O)NCCNC(=O)c2c(OC)cccc2OC)c1. The lowest BCUT2D eigenvalue weighted by Crippen LogP contribution is -2.35. The Morgan fingerprint density at radius 3 is 1.71 bits per heavy atom. The van der Waals surface area contributed by atoms with E-state index in [4.69, 9.17) is 18.9 Å². The van der Waals surface area contributed by atoms with Gasteiger partial charge in [0.2, 0.25) is 0 Å². The first kappa shape index (κ1) is 20.9. The summed E-state index contributed by atoms with van der Waals surface area (Å²) in [5.41, 5.74) is 0.699. The third-order valence-corrected chi connectivity index (χ3v) is 3.96. The van der Waals surface area contributed by atoms with Crippen LogP contribution < -0.4 is 29.6 Å². The highest BCUT2D eigenvalue weighted by Gasteiger charge is 2.17. The zero-order chi connectivity index (χ0) is 20.5. The number of benzene rings is 2. The molecule has 0 aromatic heterocycles. The molecule has 28 heavy (non-hydrogen) atoms. The number of rotatable bonds is 9. The molecule has 0 bridgehead atoms. The summed E-state index contributed by atoms with van der Waals surface area (Å²) in [5, 5.41) is 5.48. The average molecular weight is 388 g/mol. The Hall–Kier alpha value is -3.42. The van der Waals surface area contributed by atoms with E-state index in [0.29, 0.717) is 34.1 Å². The van der Waals surface area contributed by atoms with E-state index in [2.05, 4.69) is 10.6 Å². The summed E-state index contributed by atoms with van der Waals surface area (Å²) in [4.78, 5) is 24.8. The molecule has 2 rings (SSSR count). The Kier molecular flexibility index (Phi) is 7.50. The minimum absolute atomic E-state index is 0.229. The van der Waals surface area contributed by atoms with E-state index in [1.165, 1.54) is 28.4 Å². The van der Waals surface area contributed by atoms with Gasteiger partial charge in [-0.3, -0.25) is 9.59 Å². The van der Waals surface area contributed by atoms with Crippen molar-refractivity contribution in [3.05, 3.63) is 47.5 Å². The first-order chi connectivity index (χ1) is 13.5. The second-order valence-electron chi connectivity index (χ2n) is 5.65. The standard InChI is InChI=1S/C20H24N2O6/c1-25-14-10-13(11-15(12-14)26-2)19(23)21-8-9-22-20(24)18-16(27-3)6-5-7-17(18)28-4/h5-7,10-12H,8-9H2,1-4H3,(H,21,23)(H,22,24). The van der Waals surface area contributed by atoms with Gasteiger partial charge in [-0.25, -0.2) is 0 Å². The topological polar surface area (TPSA) is 95.1 Å². The molecule has 0 heterocycles. The van der Waals surface area contributed by atoms with E-state index in [-0.39, 0.29) is 24.9 Å². The van der Waals surface area contributed by atoms with Crippen LogP contribution in [0.1, 0.15) is 20.7 Å². The Morgan fingerprint density at radius 1 is 0.750 bits per heavy atom. The van der Waals surface area contributed by atoms with Gasteiger partial charge in [0.15, 0.2) is 0 Å². The van der Waals surface area contributed by atoms with Gasteiger partial charge in [0.25, 0.3) is 11.8 Å². The largest absolute Gasteiger partial charge is 0.497 e. The van der Waals surface area contributed by atoms with Crippen LogP contribution in [0.3, 0.4) is 0 Å². The molecule has 0 aliphatic carbocycles. The van der Waals surface area contributed by atoms with Crippen LogP contribution in [0.2, 0.25) is 0 Å². The molecule has 0 spiro atoms. The summed E-state index contributed by atoms with van der Waals surface area (Å²) >= 11 is 0. The molecule has 0 radical (unpaired) electrons. The van der Waals surface area contributed by atoms with Crippen molar-refractivity contribution in [2.75, 3.05) is 41.5 Å². The van der Waals surface area contributed by atoms with Crippen molar-refractivity contribution in [2.24, 2.45) is 0 Å². The van der Waals surface area contributed by atoms with Gasteiger partial charge in [-0.15, -0.1) is 0 Å². The van der Waals surface area contributed by atoms with Crippen LogP contribution in [-0.2, 0) is 0 Å². The smallest absolute Gasteiger partial charge is 0.258 e. The number of hydrogen-bond acceptors (Lipinski definition) is 6. The molecule has 8 nitrogen and oxygen atoms in total. The zero-order valence-electron chi connectivity index (χ0n) is 16.3. The van der Waals surface area contributed by atoms with Crippen LogP contribution >= 0.6 is 0 Å². The normalized spacial score (nSPS) is 10.0. The molecular weight excluding hydrogens is 364 g/mol. The molecule has 0 aliphatic rings. The summed E-state index contributed by atoms with van der Waals surface area (Å²) in [6.07, 6.45) is 0. The molecular formula is C20H24N2O6. The van der Waals surface area contributed by atoms with Gasteiger partial charge in [-0.05, 0) is 24.3 Å². The number of nitrogens with one attached hydrogen (secondary N) is 2. The Balaban J connectivity index is 1.94. The number of hydrogen-bond donors (Lipinski definition) is 2. The van der Waals surface area contributed by atoms with Crippen molar-refractivity contribution in [1.82, 2.24) is 10.6 Å². The maximum Gasteiger partial charge on any atom is 0.258 e. The third kappa shape index (κ3) is 5.06. The molecule has 0 saturated heterocycles. The van der Waals surface area contributed by atoms with Gasteiger partial charge in [0.1, 0.15) is 28.6 Å². The number of carbonyl (C=O) groups excluding carboxylic acids is 2. The maximum absolute atomic E-state index is 12.5. The number of carbonyl (C=O) groups is 2. The summed E-state index contributed by atoms with van der Waals surface area (Å²) in [6.45, 7) is 0.467. The fourth-order valence-corrected chi connectivity index (χ4v) is 2.56. The number of amides is 2. The second-order valence-corrected chi connectivity index (χ2v) is 5.65. The van der Waals surface area contributed by atoms with Crippen LogP contribution in [-0.4, -0.2) is 53.3 Å². The van der Waals surface area contributed by atoms with Crippen molar-refractivity contribution < 1.29 is 28.5 Å². The monoisotopic (exact) mass is 388 g/mol. The molecule has 2 amide bonds. The summed E-state index contributed by atoms with van der Waals surface area (Å²) in [6, 6.07) is 9.98. The molecule has 2 N–H and O–H groups in total. The van der Waals surface area contributed by atoms with Gasteiger partial charge in [-0.1, -0.05) is 6.07 Å². The highest BCUT2D eigenvalue weighted by Crippen LogP contribution is 2.27. The molecule has 150 valence electrons. The summed E-state index contributed by atoms with van der Waals surface area (Å²) < 4.78 is 20.8. The van der Waals surface area contributed by atoms with Gasteiger partial charge < -0.3 is 29.6 Å². The van der Waals surface area contributed by atoms with Crippen molar-refractivity contribution in [1.29, 1.82) is 0 Å². The minimum Gasteiger partial charge on any atom is -0.497 e. The molecule has 0 fully saturated rings. The molecule has 0 aliphatic heterocycles. The Morgan fingerprint density at radius 2 is 1.25 bits per heavy atom. The van der Waals surface area contributed by atoms with Crippen LogP contribution in [0.25, 0.3) is 0 Å². The van der Waals surface area contributed by atoms with Crippen LogP contribution in [0.15, 0.2) is 36.4 Å². The maximum atomic E-state index is 12.5. The Bertz CT molecular complexity index is 793. The minimum atomic E-state index is -0.355. The molecule has 0 unspecified atom stereocenters. The van der Waals surface area contributed by atoms with E-state index in [0.717, 1.165) is 0 Å². The molecule has 0 saturated carbocycles. The van der Waals surface area contributed by atoms with E-state index >= 15 is 0 Å². The van der Waals surface area contributed by atoms with E-state index < -0.39 is 0 Å². The van der Waals surface area contributed by atoms with Gasteiger partial charge in [0, 0.05) is 24.7 Å². The highest BCUT2D eigenvalue weighted by molar-refractivity contribution is 5.99. The van der Waals surface area contributed by atoms with Crippen molar-refractivity contribution >= 4 is 11.8 Å². The highest BCUT2D eigenvalue weighted by atomic mass is 16.5. The van der Waals surface area contributed by atoms with E-state index in [1.807, 2.05) is 0 Å². The Labute approximate surface area is 163 Å². The molecule has 8 heteroatoms. The predicted molar refractivity (Wildman–Crippen MR) is 104 cm³/mol. The first-order valence-corrected chi connectivity index (χ1v) is 8.54. The molecule has 0 atom stereocenters. The lowest BCUT2D eigenvalue weighted by Gasteiger charge is -2.13. The van der Waals surface area contributed by atoms with Crippen molar-refractivity contribution in [3.63, 3.8) is 0 Å². The van der Waals surface area contributed by atoms with Crippen molar-refractivity contribution in [3.8, 4) is 23.0 Å². The van der Waals surface area contributed by atoms with E-state index in [9.17, 15) is 9.59 Å². The molecule has 2 aromatic rings. The predicted octanol–water partition coefficient (Wildman–Crippen LogP) is 1.88. The van der Waals surface area contributed by atoms with Crippen LogP contribution in [0.5, 0.6) is 23.0 Å².